The van der Waals surface area contributed by atoms with Crippen molar-refractivity contribution in [3.05, 3.63) is 11.6 Å². The molecule has 0 heterocycles. The lowest BCUT2D eigenvalue weighted by atomic mass is 9.67. The van der Waals surface area contributed by atoms with E-state index in [0.717, 1.165) is 5.57 Å². The number of hydrogen-bond donors (Lipinski definition) is 0. The van der Waals surface area contributed by atoms with Crippen molar-refractivity contribution in [2.45, 2.75) is 12.8 Å². The summed E-state index contributed by atoms with van der Waals surface area (Å²) in [7, 11) is 0. The predicted molar refractivity (Wildman–Crippen MR) is 37.0 cm³/mol. The summed E-state index contributed by atoms with van der Waals surface area (Å²) in [6, 6.07) is 3.79. The first-order valence-corrected chi connectivity index (χ1v) is 3.31. The zero-order chi connectivity index (χ0) is 8.32. The summed E-state index contributed by atoms with van der Waals surface area (Å²) in [5.74, 6) is 0. The molecule has 0 aromatic rings. The smallest absolute Gasteiger partial charge is 0.109 e. The van der Waals surface area contributed by atoms with E-state index in [4.69, 9.17) is 10.5 Å². The second-order valence-corrected chi connectivity index (χ2v) is 2.81. The van der Waals surface area contributed by atoms with Crippen LogP contribution in [0.2, 0.25) is 0 Å². The van der Waals surface area contributed by atoms with Gasteiger partial charge in [-0.05, 0) is 12.8 Å². The van der Waals surface area contributed by atoms with Gasteiger partial charge in [0, 0.05) is 6.08 Å². The minimum Gasteiger partial charge on any atom is -0.249 e. The van der Waals surface area contributed by atoms with E-state index in [0.29, 0.717) is 12.8 Å². The van der Waals surface area contributed by atoms with Crippen molar-refractivity contribution in [3.8, 4) is 12.1 Å². The maximum absolute atomic E-state index is 12.2. The van der Waals surface area contributed by atoms with Gasteiger partial charge in [0.2, 0.25) is 0 Å². The van der Waals surface area contributed by atoms with Crippen LogP contribution in [-0.4, -0.2) is 6.67 Å². The first kappa shape index (κ1) is 7.75. The fourth-order valence-electron chi connectivity index (χ4n) is 1.21. The first-order valence-electron chi connectivity index (χ1n) is 3.31. The lowest BCUT2D eigenvalue weighted by Gasteiger charge is -2.34. The van der Waals surface area contributed by atoms with Gasteiger partial charge in [-0.1, -0.05) is 5.57 Å². The highest BCUT2D eigenvalue weighted by Gasteiger charge is 2.41. The van der Waals surface area contributed by atoms with E-state index >= 15 is 0 Å². The van der Waals surface area contributed by atoms with Crippen molar-refractivity contribution >= 4 is 0 Å². The summed E-state index contributed by atoms with van der Waals surface area (Å²) in [6.45, 7) is -0.605. The highest BCUT2D eigenvalue weighted by atomic mass is 19.1. The van der Waals surface area contributed by atoms with Crippen LogP contribution in [0.15, 0.2) is 11.6 Å². The maximum Gasteiger partial charge on any atom is 0.109 e. The second-order valence-electron chi connectivity index (χ2n) is 2.81. The molecule has 1 aliphatic carbocycles. The Balaban J connectivity index is 2.58. The van der Waals surface area contributed by atoms with E-state index in [1.54, 1.807) is 0 Å². The number of nitriles is 2. The van der Waals surface area contributed by atoms with Gasteiger partial charge in [-0.2, -0.15) is 10.5 Å². The molecule has 0 amide bonds. The van der Waals surface area contributed by atoms with E-state index in [1.807, 2.05) is 12.1 Å². The van der Waals surface area contributed by atoms with Gasteiger partial charge in [0.15, 0.2) is 0 Å². The Morgan fingerprint density at radius 3 is 2.55 bits per heavy atom. The number of allylic oxidation sites excluding steroid dienone is 2. The van der Waals surface area contributed by atoms with Crippen LogP contribution in [0.3, 0.4) is 0 Å². The topological polar surface area (TPSA) is 47.6 Å². The molecule has 0 aromatic heterocycles. The molecule has 0 radical (unpaired) electrons. The van der Waals surface area contributed by atoms with E-state index in [1.165, 1.54) is 6.08 Å². The molecule has 3 heteroatoms. The normalized spacial score (nSPS) is 28.1. The van der Waals surface area contributed by atoms with Crippen molar-refractivity contribution in [2.75, 3.05) is 6.67 Å². The first-order chi connectivity index (χ1) is 5.26. The van der Waals surface area contributed by atoms with Crippen LogP contribution in [0.1, 0.15) is 12.8 Å². The lowest BCUT2D eigenvalue weighted by Crippen LogP contribution is -2.31. The highest BCUT2D eigenvalue weighted by Crippen LogP contribution is 2.44. The number of alkyl halides is 1. The molecule has 0 spiro atoms. The third kappa shape index (κ3) is 1.23. The van der Waals surface area contributed by atoms with Crippen molar-refractivity contribution < 1.29 is 4.39 Å². The summed E-state index contributed by atoms with van der Waals surface area (Å²) < 4.78 is 12.2. The molecule has 56 valence electrons. The average Bonchev–Trinajstić information content (AvgIpc) is 1.96. The molecule has 2 nitrogen and oxygen atoms in total. The molecule has 1 fully saturated rings. The molecule has 1 saturated carbocycles. The van der Waals surface area contributed by atoms with Gasteiger partial charge in [0.1, 0.15) is 6.67 Å². The van der Waals surface area contributed by atoms with Crippen LogP contribution in [0.25, 0.3) is 0 Å². The second kappa shape index (κ2) is 2.72. The fourth-order valence-corrected chi connectivity index (χ4v) is 1.21. The minimum atomic E-state index is -0.803. The monoisotopic (exact) mass is 150 g/mol. The lowest BCUT2D eigenvalue weighted by molar-refractivity contribution is 0.220. The molecule has 1 aliphatic rings. The Bertz CT molecular complexity index is 259. The molecule has 1 rings (SSSR count). The number of hydrogen-bond acceptors (Lipinski definition) is 2. The molecule has 0 aromatic carbocycles. The molecule has 0 atom stereocenters. The van der Waals surface area contributed by atoms with Gasteiger partial charge in [-0.15, -0.1) is 0 Å². The Kier molecular flexibility index (Phi) is 1.92. The van der Waals surface area contributed by atoms with E-state index < -0.39 is 12.1 Å². The van der Waals surface area contributed by atoms with Crippen molar-refractivity contribution in [3.63, 3.8) is 0 Å². The third-order valence-electron chi connectivity index (χ3n) is 1.89. The van der Waals surface area contributed by atoms with Gasteiger partial charge in [-0.25, -0.2) is 4.39 Å². The SMILES string of the molecule is N#CC=C1CC(C#N)(CF)C1. The standard InChI is InChI=1S/C8H7FN2/c9-5-8(6-11)3-7(4-8)1-2-10/h1H,3-5H2. The Morgan fingerprint density at radius 1 is 1.55 bits per heavy atom. The Labute approximate surface area is 64.5 Å². The number of nitrogens with zero attached hydrogens (tertiary/aromatic N) is 2. The Hall–Kier alpha value is -1.35. The van der Waals surface area contributed by atoms with Gasteiger partial charge in [0.25, 0.3) is 0 Å². The Morgan fingerprint density at radius 2 is 2.18 bits per heavy atom. The predicted octanol–water partition coefficient (Wildman–Crippen LogP) is 1.71. The van der Waals surface area contributed by atoms with Gasteiger partial charge in [-0.3, -0.25) is 0 Å². The average molecular weight is 150 g/mol. The van der Waals surface area contributed by atoms with E-state index in [2.05, 4.69) is 0 Å². The van der Waals surface area contributed by atoms with Crippen LogP contribution in [0, 0.1) is 28.1 Å². The summed E-state index contributed by atoms with van der Waals surface area (Å²) in [5, 5.41) is 16.7. The van der Waals surface area contributed by atoms with Crippen LogP contribution < -0.4 is 0 Å². The molecular formula is C8H7FN2. The van der Waals surface area contributed by atoms with Crippen LogP contribution in [-0.2, 0) is 0 Å². The van der Waals surface area contributed by atoms with Gasteiger partial charge >= 0.3 is 0 Å². The molecule has 0 bridgehead atoms. The quantitative estimate of drug-likeness (QED) is 0.534. The molecule has 0 unspecified atom stereocenters. The molecular weight excluding hydrogens is 143 g/mol. The number of rotatable bonds is 1. The van der Waals surface area contributed by atoms with E-state index in [-0.39, 0.29) is 0 Å². The third-order valence-corrected chi connectivity index (χ3v) is 1.89. The van der Waals surface area contributed by atoms with Crippen molar-refractivity contribution in [1.82, 2.24) is 0 Å². The fraction of sp³-hybridized carbons (Fsp3) is 0.500. The summed E-state index contributed by atoms with van der Waals surface area (Å²) in [6.07, 6.45) is 2.24. The summed E-state index contributed by atoms with van der Waals surface area (Å²) in [5.41, 5.74) is 0.0783. The molecule has 11 heavy (non-hydrogen) atoms. The van der Waals surface area contributed by atoms with Crippen molar-refractivity contribution in [2.24, 2.45) is 5.41 Å². The molecule has 0 saturated heterocycles. The summed E-state index contributed by atoms with van der Waals surface area (Å²) in [4.78, 5) is 0. The van der Waals surface area contributed by atoms with Crippen LogP contribution in [0.5, 0.6) is 0 Å². The molecule has 0 N–H and O–H groups in total. The zero-order valence-electron chi connectivity index (χ0n) is 5.97. The largest absolute Gasteiger partial charge is 0.249 e. The number of halogens is 1. The summed E-state index contributed by atoms with van der Waals surface area (Å²) >= 11 is 0. The van der Waals surface area contributed by atoms with Crippen LogP contribution >= 0.6 is 0 Å². The van der Waals surface area contributed by atoms with Crippen molar-refractivity contribution in [1.29, 1.82) is 10.5 Å². The van der Waals surface area contributed by atoms with E-state index in [9.17, 15) is 4.39 Å². The zero-order valence-corrected chi connectivity index (χ0v) is 5.97. The maximum atomic E-state index is 12.2. The molecule has 0 aliphatic heterocycles. The highest BCUT2D eigenvalue weighted by molar-refractivity contribution is 5.29. The van der Waals surface area contributed by atoms with Gasteiger partial charge < -0.3 is 0 Å². The van der Waals surface area contributed by atoms with Crippen LogP contribution in [0.4, 0.5) is 4.39 Å². The minimum absolute atomic E-state index is 0.424. The van der Waals surface area contributed by atoms with Gasteiger partial charge in [0.05, 0.1) is 17.6 Å².